The van der Waals surface area contributed by atoms with Crippen LogP contribution in [0.4, 0.5) is 23.9 Å². The van der Waals surface area contributed by atoms with Gasteiger partial charge < -0.3 is 30.4 Å². The van der Waals surface area contributed by atoms with Crippen molar-refractivity contribution in [3.63, 3.8) is 0 Å². The first kappa shape index (κ1) is 33.1. The van der Waals surface area contributed by atoms with Gasteiger partial charge in [0.15, 0.2) is 0 Å². The topological polar surface area (TPSA) is 184 Å². The zero-order valence-electron chi connectivity index (χ0n) is 25.0. The number of primary amides is 1. The van der Waals surface area contributed by atoms with E-state index in [4.69, 9.17) is 15.2 Å². The number of nitrogens with two attached hydrogens (primary N) is 1. The van der Waals surface area contributed by atoms with E-state index in [-0.39, 0.29) is 37.4 Å². The fraction of sp³-hybridized carbons (Fsp3) is 0.500. The minimum absolute atomic E-state index is 0.169. The zero-order chi connectivity index (χ0) is 32.9. The number of hydrogen-bond donors (Lipinski definition) is 4. The molecule has 0 spiro atoms. The minimum Gasteiger partial charge on any atom is -0.494 e. The van der Waals surface area contributed by atoms with Crippen LogP contribution in [0.2, 0.25) is 0 Å². The number of imidazole rings is 1. The first-order valence-corrected chi connectivity index (χ1v) is 14.4. The number of amides is 4. The van der Waals surface area contributed by atoms with Gasteiger partial charge in [-0.3, -0.25) is 24.4 Å². The number of fused-ring (bicyclic) bond motifs is 1. The summed E-state index contributed by atoms with van der Waals surface area (Å²) in [5.41, 5.74) is 7.50. The van der Waals surface area contributed by atoms with Crippen molar-refractivity contribution in [3.05, 3.63) is 35.2 Å². The molecule has 1 aromatic carbocycles. The molecule has 0 saturated heterocycles. The summed E-state index contributed by atoms with van der Waals surface area (Å²) in [6.45, 7) is 4.53. The number of ether oxygens (including phenoxy) is 2. The van der Waals surface area contributed by atoms with Gasteiger partial charge in [0.2, 0.25) is 11.9 Å². The van der Waals surface area contributed by atoms with Crippen LogP contribution in [0.15, 0.2) is 18.2 Å². The van der Waals surface area contributed by atoms with Crippen molar-refractivity contribution >= 4 is 40.8 Å². The molecule has 4 amide bonds. The van der Waals surface area contributed by atoms with Crippen molar-refractivity contribution in [1.82, 2.24) is 30.0 Å². The molecule has 5 N–H and O–H groups in total. The lowest BCUT2D eigenvalue weighted by Crippen LogP contribution is -2.45. The highest BCUT2D eigenvalue weighted by Gasteiger charge is 2.40. The number of methoxy groups -OCH3 is 1. The van der Waals surface area contributed by atoms with Gasteiger partial charge in [-0.25, -0.2) is 9.78 Å². The third-order valence-electron chi connectivity index (χ3n) is 7.34. The maximum absolute atomic E-state index is 13.2. The number of aryl methyl sites for hydroxylation is 3. The average Bonchev–Trinajstić information content (AvgIpc) is 3.54. The molecule has 1 aliphatic carbocycles. The van der Waals surface area contributed by atoms with Crippen molar-refractivity contribution in [1.29, 1.82) is 0 Å². The number of anilines is 1. The molecule has 1 fully saturated rings. The molecule has 0 bridgehead atoms. The number of rotatable bonds is 11. The lowest BCUT2D eigenvalue weighted by Gasteiger charge is -2.29. The van der Waals surface area contributed by atoms with Gasteiger partial charge in [0.05, 0.1) is 18.3 Å². The van der Waals surface area contributed by atoms with E-state index in [2.05, 4.69) is 20.7 Å². The normalized spacial score (nSPS) is 16.7. The summed E-state index contributed by atoms with van der Waals surface area (Å²) in [5.74, 6) is -2.63. The largest absolute Gasteiger partial charge is 0.494 e. The van der Waals surface area contributed by atoms with Gasteiger partial charge in [0, 0.05) is 31.2 Å². The number of alkyl carbamates (subject to hydrolysis) is 1. The van der Waals surface area contributed by atoms with Crippen molar-refractivity contribution in [2.24, 2.45) is 5.73 Å². The van der Waals surface area contributed by atoms with Crippen LogP contribution in [0.25, 0.3) is 11.0 Å². The second-order valence-electron chi connectivity index (χ2n) is 10.6. The van der Waals surface area contributed by atoms with Crippen LogP contribution in [0.3, 0.4) is 0 Å². The smallest absolute Gasteiger partial charge is 0.471 e. The number of hydrogen-bond acceptors (Lipinski definition) is 8. The summed E-state index contributed by atoms with van der Waals surface area (Å²) < 4.78 is 51.6. The Morgan fingerprint density at radius 3 is 2.44 bits per heavy atom. The number of carbonyl (C=O) groups is 4. The van der Waals surface area contributed by atoms with Crippen LogP contribution < -0.4 is 26.4 Å². The van der Waals surface area contributed by atoms with Gasteiger partial charge in [-0.2, -0.15) is 18.3 Å². The Morgan fingerprint density at radius 2 is 1.82 bits per heavy atom. The molecule has 1 aliphatic rings. The van der Waals surface area contributed by atoms with Crippen LogP contribution in [-0.4, -0.2) is 75.1 Å². The molecule has 0 unspecified atom stereocenters. The molecule has 1 saturated carbocycles. The first-order chi connectivity index (χ1) is 21.3. The first-order valence-electron chi connectivity index (χ1n) is 14.4. The summed E-state index contributed by atoms with van der Waals surface area (Å²) >= 11 is 0. The van der Waals surface area contributed by atoms with E-state index in [1.165, 1.54) is 19.2 Å². The second kappa shape index (κ2) is 13.9. The van der Waals surface area contributed by atoms with Crippen LogP contribution in [0, 0.1) is 6.92 Å². The van der Waals surface area contributed by atoms with Crippen molar-refractivity contribution in [2.45, 2.75) is 77.4 Å². The van der Waals surface area contributed by atoms with E-state index in [0.29, 0.717) is 54.0 Å². The fourth-order valence-electron chi connectivity index (χ4n) is 5.19. The summed E-state index contributed by atoms with van der Waals surface area (Å²) in [6, 6.07) is 3.98. The predicted molar refractivity (Wildman–Crippen MR) is 155 cm³/mol. The monoisotopic (exact) mass is 636 g/mol. The summed E-state index contributed by atoms with van der Waals surface area (Å²) in [5, 5.41) is 11.7. The van der Waals surface area contributed by atoms with Gasteiger partial charge in [-0.05, 0) is 64.2 Å². The molecule has 2 heterocycles. The van der Waals surface area contributed by atoms with E-state index in [9.17, 15) is 32.3 Å². The maximum atomic E-state index is 13.2. The summed E-state index contributed by atoms with van der Waals surface area (Å²) in [7, 11) is 1.42. The van der Waals surface area contributed by atoms with Gasteiger partial charge in [-0.15, -0.1) is 0 Å². The van der Waals surface area contributed by atoms with Crippen LogP contribution in [0.5, 0.6) is 5.75 Å². The third kappa shape index (κ3) is 8.02. The van der Waals surface area contributed by atoms with E-state index < -0.39 is 42.1 Å². The van der Waals surface area contributed by atoms with E-state index in [1.807, 2.05) is 12.2 Å². The molecule has 3 aromatic rings. The van der Waals surface area contributed by atoms with Crippen molar-refractivity contribution < 1.29 is 41.8 Å². The Labute approximate surface area is 255 Å². The highest BCUT2D eigenvalue weighted by atomic mass is 19.4. The minimum atomic E-state index is -4.95. The molecule has 0 atom stereocenters. The fourth-order valence-corrected chi connectivity index (χ4v) is 5.19. The average molecular weight is 637 g/mol. The zero-order valence-corrected chi connectivity index (χ0v) is 25.0. The van der Waals surface area contributed by atoms with E-state index in [0.717, 1.165) is 0 Å². The molecule has 244 valence electrons. The van der Waals surface area contributed by atoms with Crippen LogP contribution in [-0.2, 0) is 22.6 Å². The van der Waals surface area contributed by atoms with Crippen molar-refractivity contribution in [3.8, 4) is 5.75 Å². The predicted octanol–water partition coefficient (Wildman–Crippen LogP) is 3.03. The molecular weight excluding hydrogens is 601 g/mol. The number of nitrogens with one attached hydrogen (secondary N) is 3. The molecule has 45 heavy (non-hydrogen) atoms. The molecule has 14 nitrogen and oxygen atoms in total. The van der Waals surface area contributed by atoms with Gasteiger partial charge in [0.1, 0.15) is 23.1 Å². The van der Waals surface area contributed by atoms with Crippen LogP contribution in [0.1, 0.15) is 65.6 Å². The Kier molecular flexibility index (Phi) is 10.2. The van der Waals surface area contributed by atoms with E-state index in [1.54, 1.807) is 22.2 Å². The molecule has 4 rings (SSSR count). The van der Waals surface area contributed by atoms with Gasteiger partial charge in [-0.1, -0.05) is 0 Å². The molecule has 2 aromatic heterocycles. The van der Waals surface area contributed by atoms with Crippen molar-refractivity contribution in [2.75, 3.05) is 19.0 Å². The number of nitrogens with zero attached hydrogens (tertiary/aromatic N) is 4. The lowest BCUT2D eigenvalue weighted by atomic mass is 9.93. The standard InChI is InChI=1S/C28H35F3N8O6/c1-4-39-20(12-15(2)37-39)24(41)36-26-35-19-13-16(23(32)40)14-21(44-3)22(19)38(26)11-5-10-33-27(43)45-18-8-6-17(7-9-18)34-25(42)28(29,30)31/h12-14,17-18H,4-11H2,1-3H3,(H2,32,40)(H,33,43)(H,34,42)(H,35,36,41). The third-order valence-corrected chi connectivity index (χ3v) is 7.34. The highest BCUT2D eigenvalue weighted by molar-refractivity contribution is 6.04. The van der Waals surface area contributed by atoms with Crippen LogP contribution >= 0.6 is 0 Å². The van der Waals surface area contributed by atoms with E-state index >= 15 is 0 Å². The second-order valence-corrected chi connectivity index (χ2v) is 10.6. The Hall–Kier alpha value is -4.83. The molecule has 0 aliphatic heterocycles. The number of benzene rings is 1. The van der Waals surface area contributed by atoms with Gasteiger partial charge in [0.25, 0.3) is 5.91 Å². The molecule has 0 radical (unpaired) electrons. The quantitative estimate of drug-likeness (QED) is 0.232. The Morgan fingerprint density at radius 1 is 1.11 bits per heavy atom. The summed E-state index contributed by atoms with van der Waals surface area (Å²) in [6.07, 6.45) is -4.64. The number of carbonyl (C=O) groups excluding carboxylic acids is 4. The number of alkyl halides is 3. The number of aromatic nitrogens is 4. The lowest BCUT2D eigenvalue weighted by molar-refractivity contribution is -0.174. The molecular formula is C28H35F3N8O6. The SMILES string of the molecule is CCn1nc(C)cc1C(=O)Nc1nc2cc(C(N)=O)cc(OC)c2n1CCCNC(=O)OC1CCC(NC(=O)C(F)(F)F)CC1. The maximum Gasteiger partial charge on any atom is 0.471 e. The van der Waals surface area contributed by atoms with Gasteiger partial charge >= 0.3 is 18.2 Å². The summed E-state index contributed by atoms with van der Waals surface area (Å²) in [4.78, 5) is 53.2. The molecule has 17 heteroatoms. The Balaban J connectivity index is 1.40. The highest BCUT2D eigenvalue weighted by Crippen LogP contribution is 2.31. The number of halogens is 3. The Bertz CT molecular complexity index is 1580.